The number of nitrogens with zero attached hydrogens (tertiary/aromatic N) is 2. The molecule has 0 saturated carbocycles. The van der Waals surface area contributed by atoms with Crippen LogP contribution in [0.1, 0.15) is 11.9 Å². The molecule has 0 atom stereocenters. The Hall–Kier alpha value is -1.41. The standard InChI is InChI=1S/C17H26N2O4Si/c1-20-16-14-11-13(17-22-7-8-23-17)5-6-15(14)19(18-16)12-21-9-10-24(2,3)4/h5-6,11,17H,7-10,12H2,1-4H3. The van der Waals surface area contributed by atoms with Gasteiger partial charge in [0, 0.05) is 20.2 Å². The highest BCUT2D eigenvalue weighted by Crippen LogP contribution is 2.31. The molecule has 0 N–H and O–H groups in total. The summed E-state index contributed by atoms with van der Waals surface area (Å²) >= 11 is 0. The van der Waals surface area contributed by atoms with Crippen LogP contribution in [0.25, 0.3) is 10.9 Å². The van der Waals surface area contributed by atoms with E-state index < -0.39 is 8.07 Å². The van der Waals surface area contributed by atoms with E-state index >= 15 is 0 Å². The highest BCUT2D eigenvalue weighted by molar-refractivity contribution is 6.76. The third kappa shape index (κ3) is 3.97. The molecule has 2 heterocycles. The van der Waals surface area contributed by atoms with Gasteiger partial charge in [-0.15, -0.1) is 5.10 Å². The number of aromatic nitrogens is 2. The van der Waals surface area contributed by atoms with Crippen molar-refractivity contribution < 1.29 is 18.9 Å². The highest BCUT2D eigenvalue weighted by atomic mass is 28.3. The highest BCUT2D eigenvalue weighted by Gasteiger charge is 2.21. The first-order chi connectivity index (χ1) is 11.5. The summed E-state index contributed by atoms with van der Waals surface area (Å²) in [6, 6.07) is 7.20. The summed E-state index contributed by atoms with van der Waals surface area (Å²) < 4.78 is 24.2. The number of methoxy groups -OCH3 is 1. The second-order valence-electron chi connectivity index (χ2n) is 7.21. The Bertz CT molecular complexity index is 690. The first-order valence-electron chi connectivity index (χ1n) is 8.33. The van der Waals surface area contributed by atoms with E-state index in [9.17, 15) is 0 Å². The van der Waals surface area contributed by atoms with E-state index in [1.807, 2.05) is 22.9 Å². The molecule has 1 fully saturated rings. The fourth-order valence-corrected chi connectivity index (χ4v) is 3.40. The molecule has 0 spiro atoms. The summed E-state index contributed by atoms with van der Waals surface area (Å²) in [7, 11) is 0.552. The third-order valence-corrected chi connectivity index (χ3v) is 5.74. The van der Waals surface area contributed by atoms with E-state index in [0.717, 1.165) is 29.1 Å². The number of rotatable bonds is 7. The van der Waals surface area contributed by atoms with Crippen molar-refractivity contribution in [1.29, 1.82) is 0 Å². The SMILES string of the molecule is COc1nn(COCC[Si](C)(C)C)c2ccc(C3OCCO3)cc12. The lowest BCUT2D eigenvalue weighted by atomic mass is 10.1. The predicted molar refractivity (Wildman–Crippen MR) is 95.0 cm³/mol. The first-order valence-corrected chi connectivity index (χ1v) is 12.0. The number of ether oxygens (including phenoxy) is 4. The Balaban J connectivity index is 1.76. The Morgan fingerprint density at radius 2 is 2.00 bits per heavy atom. The van der Waals surface area contributed by atoms with Crippen LogP contribution < -0.4 is 4.74 Å². The monoisotopic (exact) mass is 350 g/mol. The number of hydrogen-bond acceptors (Lipinski definition) is 5. The van der Waals surface area contributed by atoms with Crippen LogP contribution in [0.3, 0.4) is 0 Å². The maximum absolute atomic E-state index is 5.82. The lowest BCUT2D eigenvalue weighted by Crippen LogP contribution is -2.22. The number of hydrogen-bond donors (Lipinski definition) is 0. The van der Waals surface area contributed by atoms with Crippen molar-refractivity contribution in [2.24, 2.45) is 0 Å². The molecular formula is C17H26N2O4Si. The van der Waals surface area contributed by atoms with Crippen molar-refractivity contribution in [3.8, 4) is 5.88 Å². The average Bonchev–Trinajstić information content (AvgIpc) is 3.18. The van der Waals surface area contributed by atoms with E-state index in [4.69, 9.17) is 18.9 Å². The quantitative estimate of drug-likeness (QED) is 0.566. The topological polar surface area (TPSA) is 54.7 Å². The molecular weight excluding hydrogens is 324 g/mol. The van der Waals surface area contributed by atoms with Gasteiger partial charge in [-0.05, 0) is 18.2 Å². The molecule has 1 aliphatic rings. The molecule has 0 radical (unpaired) electrons. The van der Waals surface area contributed by atoms with Gasteiger partial charge in [-0.1, -0.05) is 25.7 Å². The lowest BCUT2D eigenvalue weighted by molar-refractivity contribution is -0.0440. The lowest BCUT2D eigenvalue weighted by Gasteiger charge is -2.15. The molecule has 1 aliphatic heterocycles. The van der Waals surface area contributed by atoms with Crippen LogP contribution in [0.5, 0.6) is 5.88 Å². The molecule has 2 aromatic rings. The smallest absolute Gasteiger partial charge is 0.240 e. The van der Waals surface area contributed by atoms with E-state index in [1.165, 1.54) is 0 Å². The Morgan fingerprint density at radius 1 is 1.25 bits per heavy atom. The molecule has 0 unspecified atom stereocenters. The Kier molecular flexibility index (Phi) is 5.24. The second kappa shape index (κ2) is 7.22. The van der Waals surface area contributed by atoms with Gasteiger partial charge in [-0.2, -0.15) is 0 Å². The van der Waals surface area contributed by atoms with Crippen LogP contribution in [-0.2, 0) is 20.9 Å². The zero-order chi connectivity index (χ0) is 17.2. The second-order valence-corrected chi connectivity index (χ2v) is 12.8. The van der Waals surface area contributed by atoms with Crippen molar-refractivity contribution in [3.63, 3.8) is 0 Å². The van der Waals surface area contributed by atoms with E-state index in [2.05, 4.69) is 24.7 Å². The molecule has 0 amide bonds. The molecule has 3 rings (SSSR count). The number of benzene rings is 1. The van der Waals surface area contributed by atoms with Crippen LogP contribution in [0.15, 0.2) is 18.2 Å². The van der Waals surface area contributed by atoms with Gasteiger partial charge in [0.25, 0.3) is 0 Å². The van der Waals surface area contributed by atoms with E-state index in [0.29, 0.717) is 25.8 Å². The maximum Gasteiger partial charge on any atom is 0.240 e. The van der Waals surface area contributed by atoms with E-state index in [1.54, 1.807) is 7.11 Å². The fourth-order valence-electron chi connectivity index (χ4n) is 2.64. The summed E-state index contributed by atoms with van der Waals surface area (Å²) in [6.07, 6.45) is -0.296. The molecule has 7 heteroatoms. The summed E-state index contributed by atoms with van der Waals surface area (Å²) in [6.45, 7) is 9.49. The summed E-state index contributed by atoms with van der Waals surface area (Å²) in [4.78, 5) is 0. The van der Waals surface area contributed by atoms with Gasteiger partial charge in [0.2, 0.25) is 5.88 Å². The normalized spacial score (nSPS) is 16.2. The summed E-state index contributed by atoms with van der Waals surface area (Å²) in [5, 5.41) is 5.46. The van der Waals surface area contributed by atoms with Gasteiger partial charge < -0.3 is 18.9 Å². The zero-order valence-corrected chi connectivity index (χ0v) is 15.9. The minimum Gasteiger partial charge on any atom is -0.479 e. The van der Waals surface area contributed by atoms with Crippen LogP contribution in [0, 0.1) is 0 Å². The van der Waals surface area contributed by atoms with Crippen LogP contribution >= 0.6 is 0 Å². The molecule has 6 nitrogen and oxygen atoms in total. The minimum atomic E-state index is -1.08. The van der Waals surface area contributed by atoms with Crippen molar-refractivity contribution in [2.45, 2.75) is 38.7 Å². The minimum absolute atomic E-state index is 0.296. The molecule has 0 aliphatic carbocycles. The van der Waals surface area contributed by atoms with Crippen molar-refractivity contribution in [3.05, 3.63) is 23.8 Å². The Morgan fingerprint density at radius 3 is 2.67 bits per heavy atom. The van der Waals surface area contributed by atoms with Gasteiger partial charge in [0.15, 0.2) is 6.29 Å². The van der Waals surface area contributed by atoms with Crippen LogP contribution in [0.2, 0.25) is 25.7 Å². The van der Waals surface area contributed by atoms with Gasteiger partial charge in [0.1, 0.15) is 6.73 Å². The van der Waals surface area contributed by atoms with Crippen molar-refractivity contribution in [2.75, 3.05) is 26.9 Å². The average molecular weight is 350 g/mol. The number of fused-ring (bicyclic) bond motifs is 1. The molecule has 1 saturated heterocycles. The van der Waals surface area contributed by atoms with Crippen molar-refractivity contribution in [1.82, 2.24) is 9.78 Å². The molecule has 0 bridgehead atoms. The largest absolute Gasteiger partial charge is 0.479 e. The first kappa shape index (κ1) is 17.4. The van der Waals surface area contributed by atoms with Crippen molar-refractivity contribution >= 4 is 19.0 Å². The van der Waals surface area contributed by atoms with Gasteiger partial charge in [0.05, 0.1) is 31.2 Å². The maximum atomic E-state index is 5.82. The van der Waals surface area contributed by atoms with Crippen LogP contribution in [-0.4, -0.2) is 44.8 Å². The molecule has 132 valence electrons. The summed E-state index contributed by atoms with van der Waals surface area (Å²) in [5.74, 6) is 0.596. The summed E-state index contributed by atoms with van der Waals surface area (Å²) in [5.41, 5.74) is 1.97. The third-order valence-electron chi connectivity index (χ3n) is 4.04. The van der Waals surface area contributed by atoms with E-state index in [-0.39, 0.29) is 6.29 Å². The molecule has 1 aromatic heterocycles. The fraction of sp³-hybridized carbons (Fsp3) is 0.588. The van der Waals surface area contributed by atoms with Gasteiger partial charge in [-0.25, -0.2) is 4.68 Å². The Labute approximate surface area is 143 Å². The van der Waals surface area contributed by atoms with Gasteiger partial charge >= 0.3 is 0 Å². The zero-order valence-electron chi connectivity index (χ0n) is 14.9. The predicted octanol–water partition coefficient (Wildman–Crippen LogP) is 3.40. The van der Waals surface area contributed by atoms with Crippen LogP contribution in [0.4, 0.5) is 0 Å². The molecule has 24 heavy (non-hydrogen) atoms. The van der Waals surface area contributed by atoms with Gasteiger partial charge in [-0.3, -0.25) is 0 Å². The molecule has 1 aromatic carbocycles.